The number of aryl methyl sites for hydroxylation is 1. The molecule has 1 aromatic rings. The number of furan rings is 1. The van der Waals surface area contributed by atoms with E-state index >= 15 is 0 Å². The van der Waals surface area contributed by atoms with Crippen LogP contribution in [-0.2, 0) is 5.54 Å². The van der Waals surface area contributed by atoms with Crippen LogP contribution in [0.1, 0.15) is 18.4 Å². The second kappa shape index (κ2) is 3.46. The third-order valence-corrected chi connectivity index (χ3v) is 2.21. The van der Waals surface area contributed by atoms with E-state index < -0.39 is 12.0 Å². The van der Waals surface area contributed by atoms with Crippen LogP contribution in [0, 0.1) is 6.92 Å². The topological polar surface area (TPSA) is 25.2 Å². The molecule has 0 amide bonds. The first-order valence-corrected chi connectivity index (χ1v) is 4.04. The lowest BCUT2D eigenvalue weighted by molar-refractivity contribution is 0.0299. The maximum atomic E-state index is 12.7. The first-order valence-electron chi connectivity index (χ1n) is 4.04. The van der Waals surface area contributed by atoms with Gasteiger partial charge in [-0.15, -0.1) is 0 Å². The fourth-order valence-electron chi connectivity index (χ4n) is 1.05. The summed E-state index contributed by atoms with van der Waals surface area (Å²) in [4.78, 5) is 0. The molecule has 74 valence electrons. The summed E-state index contributed by atoms with van der Waals surface area (Å²) in [6.45, 7) is 3.14. The lowest BCUT2D eigenvalue weighted by atomic mass is 10.0. The van der Waals surface area contributed by atoms with Gasteiger partial charge in [-0.05, 0) is 33.0 Å². The van der Waals surface area contributed by atoms with E-state index in [-0.39, 0.29) is 5.76 Å². The maximum Gasteiger partial charge on any atom is 0.263 e. The fourth-order valence-corrected chi connectivity index (χ4v) is 1.05. The third kappa shape index (κ3) is 1.72. The van der Waals surface area contributed by atoms with E-state index in [0.717, 1.165) is 0 Å². The third-order valence-electron chi connectivity index (χ3n) is 2.21. The summed E-state index contributed by atoms with van der Waals surface area (Å²) in [5.41, 5.74) is -1.39. The van der Waals surface area contributed by atoms with Crippen LogP contribution in [-0.4, -0.2) is 13.5 Å². The minimum Gasteiger partial charge on any atom is -0.464 e. The highest BCUT2D eigenvalue weighted by Gasteiger charge is 2.38. The summed E-state index contributed by atoms with van der Waals surface area (Å²) in [5, 5.41) is 2.56. The number of alkyl halides is 2. The average molecular weight is 189 g/mol. The second-order valence-electron chi connectivity index (χ2n) is 3.16. The van der Waals surface area contributed by atoms with Crippen LogP contribution in [0.15, 0.2) is 16.5 Å². The molecule has 0 saturated carbocycles. The van der Waals surface area contributed by atoms with Crippen LogP contribution >= 0.6 is 0 Å². The standard InChI is InChI=1S/C9H13F2NO/c1-6-4-5-7(13-6)9(2,12-3)8(10)11/h4-5,8,12H,1-3H3. The molecule has 4 heteroatoms. The normalized spacial score (nSPS) is 16.2. The molecule has 1 rings (SSSR count). The van der Waals surface area contributed by atoms with Gasteiger partial charge in [0.15, 0.2) is 0 Å². The molecule has 0 fully saturated rings. The van der Waals surface area contributed by atoms with Gasteiger partial charge in [0.2, 0.25) is 0 Å². The Morgan fingerprint density at radius 2 is 2.08 bits per heavy atom. The molecule has 0 aliphatic carbocycles. The molecule has 1 atom stereocenters. The smallest absolute Gasteiger partial charge is 0.263 e. The van der Waals surface area contributed by atoms with Gasteiger partial charge in [0.25, 0.3) is 6.43 Å². The van der Waals surface area contributed by atoms with Crippen molar-refractivity contribution in [3.8, 4) is 0 Å². The molecule has 0 aliphatic heterocycles. The van der Waals surface area contributed by atoms with Crippen molar-refractivity contribution in [2.45, 2.75) is 25.8 Å². The van der Waals surface area contributed by atoms with Crippen molar-refractivity contribution in [2.75, 3.05) is 7.05 Å². The Morgan fingerprint density at radius 1 is 1.46 bits per heavy atom. The molecule has 0 radical (unpaired) electrons. The van der Waals surface area contributed by atoms with Crippen LogP contribution in [0.25, 0.3) is 0 Å². The number of hydrogen-bond acceptors (Lipinski definition) is 2. The molecule has 1 N–H and O–H groups in total. The first-order chi connectivity index (χ1) is 6.00. The first kappa shape index (κ1) is 10.2. The summed E-state index contributed by atoms with van der Waals surface area (Å²) < 4.78 is 30.5. The molecule has 0 aliphatic rings. The van der Waals surface area contributed by atoms with Crippen molar-refractivity contribution in [1.29, 1.82) is 0 Å². The molecule has 0 aromatic carbocycles. The minimum absolute atomic E-state index is 0.266. The quantitative estimate of drug-likeness (QED) is 0.789. The Balaban J connectivity index is 3.02. The van der Waals surface area contributed by atoms with Gasteiger partial charge in [0, 0.05) is 0 Å². The highest BCUT2D eigenvalue weighted by atomic mass is 19.3. The van der Waals surface area contributed by atoms with Crippen molar-refractivity contribution in [3.63, 3.8) is 0 Å². The monoisotopic (exact) mass is 189 g/mol. The van der Waals surface area contributed by atoms with Gasteiger partial charge in [0.05, 0.1) is 0 Å². The Kier molecular flexibility index (Phi) is 2.71. The van der Waals surface area contributed by atoms with E-state index in [9.17, 15) is 8.78 Å². The Labute approximate surface area is 75.9 Å². The zero-order valence-electron chi connectivity index (χ0n) is 7.90. The second-order valence-corrected chi connectivity index (χ2v) is 3.16. The van der Waals surface area contributed by atoms with Gasteiger partial charge in [-0.3, -0.25) is 0 Å². The van der Waals surface area contributed by atoms with Crippen LogP contribution in [0.3, 0.4) is 0 Å². The van der Waals surface area contributed by atoms with Gasteiger partial charge >= 0.3 is 0 Å². The predicted octanol–water partition coefficient (Wildman–Crippen LogP) is 2.29. The molecule has 0 spiro atoms. The molecule has 1 unspecified atom stereocenters. The van der Waals surface area contributed by atoms with Crippen LogP contribution in [0.5, 0.6) is 0 Å². The van der Waals surface area contributed by atoms with Crippen molar-refractivity contribution >= 4 is 0 Å². The molecule has 0 bridgehead atoms. The lowest BCUT2D eigenvalue weighted by Gasteiger charge is -2.25. The largest absolute Gasteiger partial charge is 0.464 e. The van der Waals surface area contributed by atoms with Crippen molar-refractivity contribution in [3.05, 3.63) is 23.7 Å². The zero-order valence-corrected chi connectivity index (χ0v) is 7.90. The van der Waals surface area contributed by atoms with E-state index in [0.29, 0.717) is 5.76 Å². The zero-order chi connectivity index (χ0) is 10.1. The van der Waals surface area contributed by atoms with Gasteiger partial charge < -0.3 is 9.73 Å². The summed E-state index contributed by atoms with van der Waals surface area (Å²) in [6, 6.07) is 3.24. The molecule has 1 aromatic heterocycles. The van der Waals surface area contributed by atoms with E-state index in [1.54, 1.807) is 19.1 Å². The highest BCUT2D eigenvalue weighted by molar-refractivity contribution is 5.15. The summed E-state index contributed by atoms with van der Waals surface area (Å²) in [6.07, 6.45) is -2.50. The molecule has 0 saturated heterocycles. The van der Waals surface area contributed by atoms with Gasteiger partial charge in [-0.1, -0.05) is 0 Å². The summed E-state index contributed by atoms with van der Waals surface area (Å²) >= 11 is 0. The van der Waals surface area contributed by atoms with Crippen molar-refractivity contribution in [2.24, 2.45) is 0 Å². The van der Waals surface area contributed by atoms with Crippen LogP contribution < -0.4 is 5.32 Å². The van der Waals surface area contributed by atoms with E-state index in [2.05, 4.69) is 5.32 Å². The molecule has 1 heterocycles. The van der Waals surface area contributed by atoms with Crippen LogP contribution in [0.4, 0.5) is 8.78 Å². The SMILES string of the molecule is CNC(C)(c1ccc(C)o1)C(F)F. The number of halogens is 2. The molecule has 2 nitrogen and oxygen atoms in total. The van der Waals surface area contributed by atoms with Gasteiger partial charge in [-0.25, -0.2) is 8.78 Å². The lowest BCUT2D eigenvalue weighted by Crippen LogP contribution is -2.43. The highest BCUT2D eigenvalue weighted by Crippen LogP contribution is 2.28. The van der Waals surface area contributed by atoms with E-state index in [4.69, 9.17) is 4.42 Å². The minimum atomic E-state index is -2.50. The number of nitrogens with one attached hydrogen (secondary N) is 1. The van der Waals surface area contributed by atoms with Gasteiger partial charge in [-0.2, -0.15) is 0 Å². The Morgan fingerprint density at radius 3 is 2.38 bits per heavy atom. The Bertz CT molecular complexity index is 285. The summed E-state index contributed by atoms with van der Waals surface area (Å²) in [5.74, 6) is 0.902. The average Bonchev–Trinajstić information content (AvgIpc) is 2.50. The predicted molar refractivity (Wildman–Crippen MR) is 45.9 cm³/mol. The maximum absolute atomic E-state index is 12.7. The Hall–Kier alpha value is -0.900. The summed E-state index contributed by atoms with van der Waals surface area (Å²) in [7, 11) is 1.49. The van der Waals surface area contributed by atoms with E-state index in [1.807, 2.05) is 0 Å². The van der Waals surface area contributed by atoms with Crippen molar-refractivity contribution < 1.29 is 13.2 Å². The fraction of sp³-hybridized carbons (Fsp3) is 0.556. The van der Waals surface area contributed by atoms with Crippen LogP contribution in [0.2, 0.25) is 0 Å². The van der Waals surface area contributed by atoms with Crippen molar-refractivity contribution in [1.82, 2.24) is 5.32 Å². The van der Waals surface area contributed by atoms with E-state index in [1.165, 1.54) is 14.0 Å². The molecular weight excluding hydrogens is 176 g/mol. The number of rotatable bonds is 3. The number of hydrogen-bond donors (Lipinski definition) is 1. The molecule has 13 heavy (non-hydrogen) atoms. The molecular formula is C9H13F2NO. The van der Waals surface area contributed by atoms with Gasteiger partial charge in [0.1, 0.15) is 17.1 Å².